The third-order valence-electron chi connectivity index (χ3n) is 4.58. The van der Waals surface area contributed by atoms with Crippen molar-refractivity contribution in [2.45, 2.75) is 13.0 Å². The molecule has 0 spiro atoms. The minimum absolute atomic E-state index is 0.196. The molecule has 1 aliphatic rings. The van der Waals surface area contributed by atoms with Crippen LogP contribution < -0.4 is 10.6 Å². The van der Waals surface area contributed by atoms with E-state index in [9.17, 15) is 4.79 Å². The van der Waals surface area contributed by atoms with Crippen molar-refractivity contribution in [3.05, 3.63) is 72.2 Å². The number of fused-ring (bicyclic) bond motifs is 1. The van der Waals surface area contributed by atoms with Gasteiger partial charge in [-0.2, -0.15) is 0 Å². The van der Waals surface area contributed by atoms with Gasteiger partial charge in [0.05, 0.1) is 18.7 Å². The van der Waals surface area contributed by atoms with Gasteiger partial charge in [-0.1, -0.05) is 48.5 Å². The summed E-state index contributed by atoms with van der Waals surface area (Å²) < 4.78 is 5.91. The number of hydrogen-bond acceptors (Lipinski definition) is 4. The Labute approximate surface area is 146 Å². The summed E-state index contributed by atoms with van der Waals surface area (Å²) in [7, 11) is 0. The molecule has 0 unspecified atom stereocenters. The van der Waals surface area contributed by atoms with Crippen LogP contribution in [0.4, 0.5) is 5.69 Å². The summed E-state index contributed by atoms with van der Waals surface area (Å²) >= 11 is 0. The van der Waals surface area contributed by atoms with Crippen molar-refractivity contribution in [2.24, 2.45) is 11.7 Å². The number of anilines is 1. The molecule has 2 heterocycles. The van der Waals surface area contributed by atoms with E-state index in [1.54, 1.807) is 6.20 Å². The zero-order chi connectivity index (χ0) is 17.2. The monoisotopic (exact) mass is 333 g/mol. The van der Waals surface area contributed by atoms with Crippen LogP contribution in [0.1, 0.15) is 11.5 Å². The molecule has 1 atom stereocenters. The van der Waals surface area contributed by atoms with Crippen molar-refractivity contribution < 1.29 is 9.21 Å². The summed E-state index contributed by atoms with van der Waals surface area (Å²) in [6, 6.07) is 18.0. The van der Waals surface area contributed by atoms with Gasteiger partial charge in [0.25, 0.3) is 0 Å². The zero-order valence-corrected chi connectivity index (χ0v) is 13.8. The van der Waals surface area contributed by atoms with E-state index in [0.29, 0.717) is 25.4 Å². The molecule has 3 aromatic rings. The van der Waals surface area contributed by atoms with Crippen molar-refractivity contribution in [3.63, 3.8) is 0 Å². The van der Waals surface area contributed by atoms with Crippen LogP contribution in [0.15, 0.2) is 65.2 Å². The lowest BCUT2D eigenvalue weighted by molar-refractivity contribution is -0.121. The maximum Gasteiger partial charge on any atom is 0.222 e. The molecule has 0 aliphatic carbocycles. The summed E-state index contributed by atoms with van der Waals surface area (Å²) in [5, 5.41) is 0. The Hall–Kier alpha value is -3.08. The largest absolute Gasteiger partial charge is 0.439 e. The normalized spacial score (nSPS) is 16.5. The van der Waals surface area contributed by atoms with Gasteiger partial charge in [-0.25, -0.2) is 4.98 Å². The molecule has 4 rings (SSSR count). The number of hydrogen-bond donors (Lipinski definition) is 1. The molecule has 126 valence electrons. The molecule has 1 aromatic heterocycles. The van der Waals surface area contributed by atoms with E-state index in [4.69, 9.17) is 10.2 Å². The minimum Gasteiger partial charge on any atom is -0.439 e. The Morgan fingerprint density at radius 3 is 2.72 bits per heavy atom. The summed E-state index contributed by atoms with van der Waals surface area (Å²) in [5.41, 5.74) is 8.79. The first-order valence-electron chi connectivity index (χ1n) is 8.33. The minimum atomic E-state index is -0.267. The predicted octanol–water partition coefficient (Wildman–Crippen LogP) is 3.01. The summed E-state index contributed by atoms with van der Waals surface area (Å²) in [6.07, 6.45) is 2.43. The molecule has 0 saturated heterocycles. The van der Waals surface area contributed by atoms with Crippen molar-refractivity contribution >= 4 is 11.6 Å². The Balaban J connectivity index is 1.60. The second-order valence-electron chi connectivity index (χ2n) is 6.30. The highest BCUT2D eigenvalue weighted by Gasteiger charge is 2.28. The van der Waals surface area contributed by atoms with Crippen molar-refractivity contribution in [1.82, 2.24) is 4.98 Å². The summed E-state index contributed by atoms with van der Waals surface area (Å²) in [4.78, 5) is 18.2. The molecule has 5 nitrogen and oxygen atoms in total. The molecule has 1 amide bonds. The molecule has 2 aromatic carbocycles. The Morgan fingerprint density at radius 2 is 1.92 bits per heavy atom. The highest BCUT2D eigenvalue weighted by atomic mass is 16.4. The number of para-hydroxylation sites is 1. The number of benzene rings is 2. The van der Waals surface area contributed by atoms with Crippen molar-refractivity contribution in [1.29, 1.82) is 0 Å². The lowest BCUT2D eigenvalue weighted by Gasteiger charge is -2.34. The number of oxazole rings is 1. The van der Waals surface area contributed by atoms with Gasteiger partial charge in [-0.15, -0.1) is 0 Å². The average molecular weight is 333 g/mol. The van der Waals surface area contributed by atoms with E-state index in [1.807, 2.05) is 48.5 Å². The third-order valence-corrected chi connectivity index (χ3v) is 4.58. The fraction of sp³-hybridized carbons (Fsp3) is 0.200. The molecular weight excluding hydrogens is 314 g/mol. The molecule has 1 aliphatic heterocycles. The van der Waals surface area contributed by atoms with Crippen LogP contribution in [0.3, 0.4) is 0 Å². The van der Waals surface area contributed by atoms with Gasteiger partial charge in [0, 0.05) is 17.8 Å². The SMILES string of the molecule is NC(=O)[C@@H]1Cc2ccccc2N(Cc2ncc(-c3ccccc3)o2)C1. The number of primary amides is 1. The van der Waals surface area contributed by atoms with Crippen molar-refractivity contribution in [3.8, 4) is 11.3 Å². The van der Waals surface area contributed by atoms with Crippen LogP contribution in [0.25, 0.3) is 11.3 Å². The first kappa shape index (κ1) is 15.4. The standard InChI is InChI=1S/C20H19N3O2/c21-20(24)16-10-15-8-4-5-9-17(15)23(12-16)13-19-22-11-18(25-19)14-6-2-1-3-7-14/h1-9,11,16H,10,12-13H2,(H2,21,24)/t16-/m1/s1. The maximum atomic E-state index is 11.7. The van der Waals surface area contributed by atoms with Crippen LogP contribution in [0.2, 0.25) is 0 Å². The average Bonchev–Trinajstić information content (AvgIpc) is 3.11. The molecule has 5 heteroatoms. The number of rotatable bonds is 4. The quantitative estimate of drug-likeness (QED) is 0.796. The van der Waals surface area contributed by atoms with Crippen LogP contribution in [-0.2, 0) is 17.8 Å². The fourth-order valence-corrected chi connectivity index (χ4v) is 3.31. The first-order valence-corrected chi connectivity index (χ1v) is 8.33. The van der Waals surface area contributed by atoms with E-state index in [1.165, 1.54) is 0 Å². The Bertz CT molecular complexity index is 889. The van der Waals surface area contributed by atoms with Gasteiger partial charge in [-0.05, 0) is 18.1 Å². The second-order valence-corrected chi connectivity index (χ2v) is 6.30. The number of nitrogens with two attached hydrogens (primary N) is 1. The Morgan fingerprint density at radius 1 is 1.16 bits per heavy atom. The highest BCUT2D eigenvalue weighted by molar-refractivity contribution is 5.79. The lowest BCUT2D eigenvalue weighted by atomic mass is 9.92. The molecule has 25 heavy (non-hydrogen) atoms. The van der Waals surface area contributed by atoms with E-state index >= 15 is 0 Å². The van der Waals surface area contributed by atoms with Gasteiger partial charge in [0.2, 0.25) is 11.8 Å². The second kappa shape index (κ2) is 6.43. The number of carbonyl (C=O) groups is 1. The molecule has 0 saturated carbocycles. The van der Waals surface area contributed by atoms with Gasteiger partial charge in [-0.3, -0.25) is 4.79 Å². The van der Waals surface area contributed by atoms with Crippen molar-refractivity contribution in [2.75, 3.05) is 11.4 Å². The number of carbonyl (C=O) groups excluding carboxylic acids is 1. The van der Waals surface area contributed by atoms with Crippen LogP contribution in [-0.4, -0.2) is 17.4 Å². The number of amides is 1. The highest BCUT2D eigenvalue weighted by Crippen LogP contribution is 2.31. The predicted molar refractivity (Wildman–Crippen MR) is 95.8 cm³/mol. The zero-order valence-electron chi connectivity index (χ0n) is 13.8. The van der Waals surface area contributed by atoms with E-state index in [2.05, 4.69) is 16.0 Å². The molecular formula is C20H19N3O2. The van der Waals surface area contributed by atoms with E-state index in [-0.39, 0.29) is 11.8 Å². The van der Waals surface area contributed by atoms with Gasteiger partial charge >= 0.3 is 0 Å². The number of aromatic nitrogens is 1. The molecule has 0 radical (unpaired) electrons. The third kappa shape index (κ3) is 3.13. The van der Waals surface area contributed by atoms with E-state index < -0.39 is 0 Å². The van der Waals surface area contributed by atoms with E-state index in [0.717, 1.165) is 22.6 Å². The molecule has 0 bridgehead atoms. The molecule has 2 N–H and O–H groups in total. The van der Waals surface area contributed by atoms with Crippen LogP contribution in [0.5, 0.6) is 0 Å². The first-order chi connectivity index (χ1) is 12.2. The Kier molecular flexibility index (Phi) is 3.98. The molecule has 0 fully saturated rings. The van der Waals surface area contributed by atoms with Crippen LogP contribution >= 0.6 is 0 Å². The van der Waals surface area contributed by atoms with Gasteiger partial charge in [0.1, 0.15) is 0 Å². The maximum absolute atomic E-state index is 11.7. The lowest BCUT2D eigenvalue weighted by Crippen LogP contribution is -2.41. The fourth-order valence-electron chi connectivity index (χ4n) is 3.31. The van der Waals surface area contributed by atoms with Crippen LogP contribution in [0, 0.1) is 5.92 Å². The summed E-state index contributed by atoms with van der Waals surface area (Å²) in [5.74, 6) is 0.904. The van der Waals surface area contributed by atoms with Gasteiger partial charge in [0.15, 0.2) is 5.76 Å². The topological polar surface area (TPSA) is 72.4 Å². The smallest absolute Gasteiger partial charge is 0.222 e. The van der Waals surface area contributed by atoms with Gasteiger partial charge < -0.3 is 15.1 Å². The number of nitrogens with zero attached hydrogens (tertiary/aromatic N) is 2. The summed E-state index contributed by atoms with van der Waals surface area (Å²) in [6.45, 7) is 1.09.